The molecule has 0 bridgehead atoms. The number of carbonyl (C=O) groups is 1. The first-order valence-electron chi connectivity index (χ1n) is 6.35. The summed E-state index contributed by atoms with van der Waals surface area (Å²) in [5.41, 5.74) is 7.21. The van der Waals surface area contributed by atoms with E-state index in [1.807, 2.05) is 6.07 Å². The van der Waals surface area contributed by atoms with Gasteiger partial charge in [-0.3, -0.25) is 4.79 Å². The zero-order chi connectivity index (χ0) is 15.0. The first-order valence-corrected chi connectivity index (χ1v) is 8.13. The van der Waals surface area contributed by atoms with Crippen molar-refractivity contribution in [2.24, 2.45) is 0 Å². The van der Waals surface area contributed by atoms with Crippen LogP contribution in [0, 0.1) is 5.82 Å². The highest BCUT2D eigenvalue weighted by atomic mass is 79.9. The third kappa shape index (κ3) is 2.78. The highest BCUT2D eigenvalue weighted by Crippen LogP contribution is 2.37. The Labute approximate surface area is 134 Å². The standard InChI is InChI=1S/C15H12BrFN2OS/c16-9-1-3-11(12(17)7-9)15(20)19-5-6-21-14-4-2-10(18)8-13(14)19/h1-4,7-8H,5-6,18H2. The molecule has 2 aromatic rings. The second-order valence-electron chi connectivity index (χ2n) is 4.66. The van der Waals surface area contributed by atoms with E-state index in [2.05, 4.69) is 15.9 Å². The van der Waals surface area contributed by atoms with Gasteiger partial charge in [0.1, 0.15) is 5.82 Å². The molecule has 6 heteroatoms. The van der Waals surface area contributed by atoms with Crippen LogP contribution in [0.4, 0.5) is 15.8 Å². The number of carbonyl (C=O) groups excluding carboxylic acids is 1. The Morgan fingerprint density at radius 1 is 1.29 bits per heavy atom. The second-order valence-corrected chi connectivity index (χ2v) is 6.71. The molecule has 108 valence electrons. The summed E-state index contributed by atoms with van der Waals surface area (Å²) in [5, 5.41) is 0. The third-order valence-corrected chi connectivity index (χ3v) is 4.79. The number of benzene rings is 2. The molecule has 1 amide bonds. The Morgan fingerprint density at radius 3 is 2.86 bits per heavy atom. The lowest BCUT2D eigenvalue weighted by molar-refractivity contribution is 0.0984. The summed E-state index contributed by atoms with van der Waals surface area (Å²) in [7, 11) is 0. The molecule has 2 N–H and O–H groups in total. The van der Waals surface area contributed by atoms with Crippen molar-refractivity contribution >= 4 is 45.0 Å². The predicted octanol–water partition coefficient (Wildman–Crippen LogP) is 3.92. The van der Waals surface area contributed by atoms with Crippen molar-refractivity contribution in [1.82, 2.24) is 0 Å². The topological polar surface area (TPSA) is 46.3 Å². The number of hydrogen-bond acceptors (Lipinski definition) is 3. The van der Waals surface area contributed by atoms with Gasteiger partial charge in [-0.25, -0.2) is 4.39 Å². The minimum absolute atomic E-state index is 0.0680. The van der Waals surface area contributed by atoms with E-state index in [9.17, 15) is 9.18 Å². The summed E-state index contributed by atoms with van der Waals surface area (Å²) in [6.07, 6.45) is 0. The lowest BCUT2D eigenvalue weighted by atomic mass is 10.1. The van der Waals surface area contributed by atoms with Crippen LogP contribution in [0.5, 0.6) is 0 Å². The normalized spacial score (nSPS) is 13.9. The van der Waals surface area contributed by atoms with Crippen LogP contribution in [0.1, 0.15) is 10.4 Å². The van der Waals surface area contributed by atoms with Gasteiger partial charge in [0.2, 0.25) is 0 Å². The molecule has 1 heterocycles. The predicted molar refractivity (Wildman–Crippen MR) is 87.4 cm³/mol. The molecule has 0 saturated carbocycles. The van der Waals surface area contributed by atoms with E-state index in [4.69, 9.17) is 5.73 Å². The van der Waals surface area contributed by atoms with E-state index >= 15 is 0 Å². The molecule has 3 rings (SSSR count). The maximum Gasteiger partial charge on any atom is 0.261 e. The molecule has 1 aliphatic rings. The zero-order valence-electron chi connectivity index (χ0n) is 11.0. The number of fused-ring (bicyclic) bond motifs is 1. The SMILES string of the molecule is Nc1ccc2c(c1)N(C(=O)c1ccc(Br)cc1F)CCS2. The first kappa shape index (κ1) is 14.4. The number of nitrogen functional groups attached to an aromatic ring is 1. The molecule has 0 aliphatic carbocycles. The monoisotopic (exact) mass is 366 g/mol. The van der Waals surface area contributed by atoms with Gasteiger partial charge in [0.15, 0.2) is 0 Å². The number of amides is 1. The molecular weight excluding hydrogens is 355 g/mol. The van der Waals surface area contributed by atoms with E-state index in [0.717, 1.165) is 16.3 Å². The fraction of sp³-hybridized carbons (Fsp3) is 0.133. The van der Waals surface area contributed by atoms with Crippen molar-refractivity contribution in [1.29, 1.82) is 0 Å². The summed E-state index contributed by atoms with van der Waals surface area (Å²) in [6.45, 7) is 0.537. The molecule has 2 aromatic carbocycles. The van der Waals surface area contributed by atoms with Gasteiger partial charge >= 0.3 is 0 Å². The largest absolute Gasteiger partial charge is 0.399 e. The highest BCUT2D eigenvalue weighted by Gasteiger charge is 2.26. The summed E-state index contributed by atoms with van der Waals surface area (Å²) < 4.78 is 14.6. The lowest BCUT2D eigenvalue weighted by Crippen LogP contribution is -2.36. The third-order valence-electron chi connectivity index (χ3n) is 3.25. The Hall–Kier alpha value is -1.53. The van der Waals surface area contributed by atoms with Crippen LogP contribution < -0.4 is 10.6 Å². The van der Waals surface area contributed by atoms with Crippen molar-refractivity contribution in [2.75, 3.05) is 22.9 Å². The highest BCUT2D eigenvalue weighted by molar-refractivity contribution is 9.10. The summed E-state index contributed by atoms with van der Waals surface area (Å²) >= 11 is 4.86. The van der Waals surface area contributed by atoms with Crippen LogP contribution in [-0.4, -0.2) is 18.2 Å². The number of nitrogens with zero attached hydrogens (tertiary/aromatic N) is 1. The Kier molecular flexibility index (Phi) is 3.91. The summed E-state index contributed by atoms with van der Waals surface area (Å²) in [4.78, 5) is 15.2. The summed E-state index contributed by atoms with van der Waals surface area (Å²) in [5.74, 6) is -0.0916. The van der Waals surface area contributed by atoms with Gasteiger partial charge in [-0.1, -0.05) is 15.9 Å². The van der Waals surface area contributed by atoms with Crippen LogP contribution in [0.25, 0.3) is 0 Å². The van der Waals surface area contributed by atoms with E-state index < -0.39 is 5.82 Å². The van der Waals surface area contributed by atoms with Gasteiger partial charge in [-0.15, -0.1) is 11.8 Å². The van der Waals surface area contributed by atoms with Crippen LogP contribution in [0.2, 0.25) is 0 Å². The lowest BCUT2D eigenvalue weighted by Gasteiger charge is -2.29. The van der Waals surface area contributed by atoms with Crippen LogP contribution in [-0.2, 0) is 0 Å². The van der Waals surface area contributed by atoms with Crippen molar-refractivity contribution in [3.8, 4) is 0 Å². The Balaban J connectivity index is 2.02. The number of anilines is 2. The molecule has 1 aliphatic heterocycles. The molecule has 0 unspecified atom stereocenters. The Bertz CT molecular complexity index is 723. The number of thioether (sulfide) groups is 1. The van der Waals surface area contributed by atoms with Gasteiger partial charge in [-0.05, 0) is 36.4 Å². The molecule has 0 fully saturated rings. The summed E-state index contributed by atoms with van der Waals surface area (Å²) in [6, 6.07) is 9.92. The average molecular weight is 367 g/mol. The van der Waals surface area contributed by atoms with E-state index in [1.165, 1.54) is 12.1 Å². The van der Waals surface area contributed by atoms with Crippen LogP contribution in [0.3, 0.4) is 0 Å². The van der Waals surface area contributed by atoms with E-state index in [0.29, 0.717) is 16.7 Å². The Morgan fingerprint density at radius 2 is 2.10 bits per heavy atom. The van der Waals surface area contributed by atoms with E-state index in [1.54, 1.807) is 34.9 Å². The first-order chi connectivity index (χ1) is 10.1. The van der Waals surface area contributed by atoms with Crippen molar-refractivity contribution in [3.05, 3.63) is 52.3 Å². The molecular formula is C15H12BrFN2OS. The van der Waals surface area contributed by atoms with Gasteiger partial charge in [0.05, 0.1) is 11.3 Å². The minimum atomic E-state index is -0.530. The van der Waals surface area contributed by atoms with E-state index in [-0.39, 0.29) is 11.5 Å². The van der Waals surface area contributed by atoms with Gasteiger partial charge < -0.3 is 10.6 Å². The van der Waals surface area contributed by atoms with Gasteiger partial charge in [-0.2, -0.15) is 0 Å². The molecule has 0 aromatic heterocycles. The molecule has 0 spiro atoms. The van der Waals surface area contributed by atoms with Crippen molar-refractivity contribution in [3.63, 3.8) is 0 Å². The number of halogens is 2. The van der Waals surface area contributed by atoms with Crippen molar-refractivity contribution < 1.29 is 9.18 Å². The zero-order valence-corrected chi connectivity index (χ0v) is 13.4. The maximum atomic E-state index is 14.0. The second kappa shape index (κ2) is 5.69. The smallest absolute Gasteiger partial charge is 0.261 e. The fourth-order valence-corrected chi connectivity index (χ4v) is 3.56. The molecule has 0 atom stereocenters. The number of nitrogens with two attached hydrogens (primary N) is 1. The average Bonchev–Trinajstić information content (AvgIpc) is 2.46. The molecule has 0 saturated heterocycles. The van der Waals surface area contributed by atoms with Crippen LogP contribution >= 0.6 is 27.7 Å². The van der Waals surface area contributed by atoms with Crippen molar-refractivity contribution in [2.45, 2.75) is 4.90 Å². The molecule has 3 nitrogen and oxygen atoms in total. The van der Waals surface area contributed by atoms with Crippen LogP contribution in [0.15, 0.2) is 45.8 Å². The number of hydrogen-bond donors (Lipinski definition) is 1. The maximum absolute atomic E-state index is 14.0. The fourth-order valence-electron chi connectivity index (χ4n) is 2.25. The number of rotatable bonds is 1. The molecule has 0 radical (unpaired) electrons. The minimum Gasteiger partial charge on any atom is -0.399 e. The van der Waals surface area contributed by atoms with Gasteiger partial charge in [0.25, 0.3) is 5.91 Å². The molecule has 21 heavy (non-hydrogen) atoms. The quantitative estimate of drug-likeness (QED) is 0.777. The van der Waals surface area contributed by atoms with Gasteiger partial charge in [0, 0.05) is 27.4 Å².